The summed E-state index contributed by atoms with van der Waals surface area (Å²) in [6.45, 7) is 0. The molecule has 0 aliphatic rings. The summed E-state index contributed by atoms with van der Waals surface area (Å²) in [5, 5.41) is 6.69. The number of para-hydroxylation sites is 1. The molecule has 5 heteroatoms. The lowest BCUT2D eigenvalue weighted by molar-refractivity contribution is 0.668. The van der Waals surface area contributed by atoms with E-state index in [2.05, 4.69) is 138 Å². The van der Waals surface area contributed by atoms with Crippen molar-refractivity contribution in [3.05, 3.63) is 206 Å². The second-order valence-electron chi connectivity index (χ2n) is 15.2. The fourth-order valence-corrected chi connectivity index (χ4v) is 8.72. The number of fused-ring (bicyclic) bond motifs is 7. The summed E-state index contributed by atoms with van der Waals surface area (Å²) < 4.78 is 9.08. The van der Waals surface area contributed by atoms with Crippen LogP contribution in [0.2, 0.25) is 0 Å². The van der Waals surface area contributed by atoms with Crippen LogP contribution in [0.3, 0.4) is 0 Å². The third-order valence-electron chi connectivity index (χ3n) is 11.6. The third kappa shape index (κ3) is 5.67. The van der Waals surface area contributed by atoms with Crippen molar-refractivity contribution in [2.75, 3.05) is 0 Å². The molecule has 0 aliphatic carbocycles. The van der Waals surface area contributed by atoms with Crippen LogP contribution in [-0.2, 0) is 0 Å². The van der Waals surface area contributed by atoms with Crippen LogP contribution in [0.1, 0.15) is 0 Å². The number of hydrogen-bond donors (Lipinski definition) is 0. The minimum absolute atomic E-state index is 0.577. The molecule has 5 nitrogen and oxygen atoms in total. The van der Waals surface area contributed by atoms with Gasteiger partial charge in [0.1, 0.15) is 11.2 Å². The summed E-state index contributed by atoms with van der Waals surface area (Å²) in [6, 6.07) is 72.3. The maximum Gasteiger partial charge on any atom is 0.164 e. The average molecular weight is 767 g/mol. The predicted octanol–water partition coefficient (Wildman–Crippen LogP) is 14.4. The van der Waals surface area contributed by atoms with Crippen LogP contribution >= 0.6 is 0 Å². The lowest BCUT2D eigenvalue weighted by atomic mass is 9.99. The number of hydrogen-bond acceptors (Lipinski definition) is 4. The third-order valence-corrected chi connectivity index (χ3v) is 11.6. The van der Waals surface area contributed by atoms with Gasteiger partial charge in [-0.3, -0.25) is 0 Å². The van der Waals surface area contributed by atoms with Crippen LogP contribution in [0, 0.1) is 0 Å². The van der Waals surface area contributed by atoms with Gasteiger partial charge < -0.3 is 8.98 Å². The van der Waals surface area contributed by atoms with E-state index in [-0.39, 0.29) is 0 Å². The molecular formula is C55H34N4O. The van der Waals surface area contributed by atoms with Crippen LogP contribution < -0.4 is 0 Å². The Labute approximate surface area is 345 Å². The molecule has 0 aliphatic heterocycles. The molecule has 0 amide bonds. The zero-order valence-electron chi connectivity index (χ0n) is 32.3. The number of rotatable bonds is 6. The topological polar surface area (TPSA) is 56.7 Å². The number of aromatic nitrogens is 4. The van der Waals surface area contributed by atoms with Crippen molar-refractivity contribution in [3.8, 4) is 62.1 Å². The van der Waals surface area contributed by atoms with Gasteiger partial charge in [0.05, 0.1) is 16.7 Å². The van der Waals surface area contributed by atoms with Crippen molar-refractivity contribution in [3.63, 3.8) is 0 Å². The molecule has 0 saturated heterocycles. The maximum atomic E-state index is 6.71. The standard InChI is InChI=1S/C55H34N4O/c1-4-14-35(15-5-1)36-24-26-37(27-25-36)42-28-29-48-45(31-42)46-30-40-20-10-11-21-41(40)32-49(46)59(48)43-33-47(52-44-22-12-13-23-50(44)60-51(52)34-43)55-57-53(38-16-6-2-7-17-38)56-54(58-55)39-18-8-3-9-19-39/h1-34H. The zero-order valence-corrected chi connectivity index (χ0v) is 32.3. The van der Waals surface area contributed by atoms with Gasteiger partial charge in [-0.25, -0.2) is 15.0 Å². The van der Waals surface area contributed by atoms with Crippen molar-refractivity contribution in [2.24, 2.45) is 0 Å². The molecular weight excluding hydrogens is 733 g/mol. The summed E-state index contributed by atoms with van der Waals surface area (Å²) in [5.74, 6) is 1.80. The molecule has 12 rings (SSSR count). The largest absolute Gasteiger partial charge is 0.456 e. The Hall–Kier alpha value is -8.15. The molecule has 0 bridgehead atoms. The Morgan fingerprint density at radius 2 is 0.850 bits per heavy atom. The van der Waals surface area contributed by atoms with Gasteiger partial charge in [-0.05, 0) is 69.4 Å². The second-order valence-corrected chi connectivity index (χ2v) is 15.2. The average Bonchev–Trinajstić information content (AvgIpc) is 3.86. The highest BCUT2D eigenvalue weighted by Crippen LogP contribution is 2.42. The summed E-state index contributed by atoms with van der Waals surface area (Å²) in [7, 11) is 0. The number of benzene rings is 9. The predicted molar refractivity (Wildman–Crippen MR) is 246 cm³/mol. The van der Waals surface area contributed by atoms with Crippen molar-refractivity contribution in [1.82, 2.24) is 19.5 Å². The Morgan fingerprint density at radius 3 is 1.53 bits per heavy atom. The summed E-state index contributed by atoms with van der Waals surface area (Å²) >= 11 is 0. The van der Waals surface area contributed by atoms with Gasteiger partial charge in [0, 0.05) is 44.3 Å². The fourth-order valence-electron chi connectivity index (χ4n) is 8.72. The number of furan rings is 1. The van der Waals surface area contributed by atoms with E-state index < -0.39 is 0 Å². The van der Waals surface area contributed by atoms with Crippen molar-refractivity contribution in [2.45, 2.75) is 0 Å². The van der Waals surface area contributed by atoms with Gasteiger partial charge in [-0.2, -0.15) is 0 Å². The SMILES string of the molecule is c1ccc(-c2ccc(-c3ccc4c(c3)c3cc5ccccc5cc3n4-c3cc(-c4nc(-c5ccccc5)nc(-c5ccccc5)n4)c4c(c3)oc3ccccc34)cc2)cc1. The molecule has 0 N–H and O–H groups in total. The summed E-state index contributed by atoms with van der Waals surface area (Å²) in [6.07, 6.45) is 0. The molecule has 12 aromatic rings. The Morgan fingerprint density at radius 1 is 0.333 bits per heavy atom. The van der Waals surface area contributed by atoms with Gasteiger partial charge >= 0.3 is 0 Å². The maximum absolute atomic E-state index is 6.71. The summed E-state index contributed by atoms with van der Waals surface area (Å²) in [4.78, 5) is 15.5. The van der Waals surface area contributed by atoms with E-state index in [0.29, 0.717) is 17.5 Å². The van der Waals surface area contributed by atoms with Crippen LogP contribution in [0.15, 0.2) is 211 Å². The molecule has 0 atom stereocenters. The van der Waals surface area contributed by atoms with Gasteiger partial charge in [0.25, 0.3) is 0 Å². The second kappa shape index (κ2) is 13.8. The van der Waals surface area contributed by atoms with Gasteiger partial charge in [0.15, 0.2) is 17.5 Å². The molecule has 0 fully saturated rings. The Balaban J connectivity index is 1.12. The first kappa shape index (κ1) is 33.9. The Bertz CT molecular complexity index is 3520. The van der Waals surface area contributed by atoms with Crippen LogP contribution in [0.5, 0.6) is 0 Å². The molecule has 280 valence electrons. The van der Waals surface area contributed by atoms with Crippen molar-refractivity contribution >= 4 is 54.5 Å². The molecule has 0 unspecified atom stereocenters. The van der Waals surface area contributed by atoms with E-state index in [4.69, 9.17) is 19.4 Å². The zero-order chi connectivity index (χ0) is 39.6. The fraction of sp³-hybridized carbons (Fsp3) is 0. The highest BCUT2D eigenvalue weighted by Gasteiger charge is 2.22. The van der Waals surface area contributed by atoms with E-state index in [1.165, 1.54) is 38.2 Å². The quantitative estimate of drug-likeness (QED) is 0.169. The summed E-state index contributed by atoms with van der Waals surface area (Å²) in [5.41, 5.74) is 12.2. The molecule has 3 heterocycles. The van der Waals surface area contributed by atoms with Gasteiger partial charge in [0.2, 0.25) is 0 Å². The molecule has 3 aromatic heterocycles. The molecule has 0 spiro atoms. The highest BCUT2D eigenvalue weighted by atomic mass is 16.3. The first-order valence-electron chi connectivity index (χ1n) is 20.2. The van der Waals surface area contributed by atoms with E-state index in [1.807, 2.05) is 72.8 Å². The lowest BCUT2D eigenvalue weighted by Crippen LogP contribution is -2.01. The van der Waals surface area contributed by atoms with E-state index in [0.717, 1.165) is 60.9 Å². The van der Waals surface area contributed by atoms with Crippen molar-refractivity contribution in [1.29, 1.82) is 0 Å². The Kier molecular flexibility index (Phi) is 7.78. The molecule has 60 heavy (non-hydrogen) atoms. The van der Waals surface area contributed by atoms with Gasteiger partial charge in [-0.1, -0.05) is 164 Å². The first-order valence-corrected chi connectivity index (χ1v) is 20.2. The van der Waals surface area contributed by atoms with E-state index in [1.54, 1.807) is 0 Å². The normalized spacial score (nSPS) is 11.7. The van der Waals surface area contributed by atoms with E-state index >= 15 is 0 Å². The minimum Gasteiger partial charge on any atom is -0.456 e. The monoisotopic (exact) mass is 766 g/mol. The molecule has 9 aromatic carbocycles. The lowest BCUT2D eigenvalue weighted by Gasteiger charge is -2.13. The van der Waals surface area contributed by atoms with Crippen LogP contribution in [-0.4, -0.2) is 19.5 Å². The smallest absolute Gasteiger partial charge is 0.164 e. The van der Waals surface area contributed by atoms with Crippen LogP contribution in [0.25, 0.3) is 117 Å². The minimum atomic E-state index is 0.577. The van der Waals surface area contributed by atoms with Gasteiger partial charge in [-0.15, -0.1) is 0 Å². The molecule has 0 radical (unpaired) electrons. The van der Waals surface area contributed by atoms with E-state index in [9.17, 15) is 0 Å². The number of nitrogens with zero attached hydrogens (tertiary/aromatic N) is 4. The first-order chi connectivity index (χ1) is 29.7. The van der Waals surface area contributed by atoms with Crippen LogP contribution in [0.4, 0.5) is 0 Å². The molecule has 0 saturated carbocycles. The highest BCUT2D eigenvalue weighted by molar-refractivity contribution is 6.16. The van der Waals surface area contributed by atoms with Crippen molar-refractivity contribution < 1.29 is 4.42 Å².